The first kappa shape index (κ1) is 14.3. The van der Waals surface area contributed by atoms with Crippen LogP contribution < -0.4 is 5.32 Å². The van der Waals surface area contributed by atoms with Crippen LogP contribution >= 0.6 is 11.6 Å². The first-order valence-electron chi connectivity index (χ1n) is 6.45. The number of nitrogens with one attached hydrogen (secondary N) is 1. The number of nitrogens with zero attached hydrogens (tertiary/aromatic N) is 1. The molecule has 0 radical (unpaired) electrons. The third-order valence-corrected chi connectivity index (χ3v) is 3.88. The van der Waals surface area contributed by atoms with E-state index in [2.05, 4.69) is 10.2 Å². The quantitative estimate of drug-likeness (QED) is 0.921. The van der Waals surface area contributed by atoms with E-state index in [1.54, 1.807) is 13.1 Å². The Hall–Kier alpha value is -1.13. The molecule has 19 heavy (non-hydrogen) atoms. The molecule has 1 heterocycles. The largest absolute Gasteiger partial charge is 0.359 e. The summed E-state index contributed by atoms with van der Waals surface area (Å²) in [5, 5.41) is 3.12. The summed E-state index contributed by atoms with van der Waals surface area (Å²) in [5.41, 5.74) is 0.934. The molecule has 0 aromatic heterocycles. The Balaban J connectivity index is 1.89. The maximum Gasteiger partial charge on any atom is 0.220 e. The molecule has 1 atom stereocenters. The molecule has 1 amide bonds. The molecule has 0 saturated carbocycles. The van der Waals surface area contributed by atoms with Gasteiger partial charge in [-0.25, -0.2) is 4.39 Å². The molecule has 0 bridgehead atoms. The van der Waals surface area contributed by atoms with Crippen LogP contribution in [0.5, 0.6) is 0 Å². The van der Waals surface area contributed by atoms with Gasteiger partial charge in [-0.05, 0) is 36.6 Å². The maximum absolute atomic E-state index is 13.0. The van der Waals surface area contributed by atoms with Gasteiger partial charge in [-0.3, -0.25) is 9.69 Å². The SMILES string of the molecule is CNC(=O)C[C@@H]1CCN(Cc2ccc(F)cc2Cl)C1. The van der Waals surface area contributed by atoms with Gasteiger partial charge in [0, 0.05) is 31.6 Å². The molecule has 3 nitrogen and oxygen atoms in total. The molecule has 1 fully saturated rings. The van der Waals surface area contributed by atoms with Crippen LogP contribution in [-0.4, -0.2) is 30.9 Å². The summed E-state index contributed by atoms with van der Waals surface area (Å²) in [6, 6.07) is 4.50. The van der Waals surface area contributed by atoms with Gasteiger partial charge in [0.25, 0.3) is 0 Å². The van der Waals surface area contributed by atoms with E-state index in [4.69, 9.17) is 11.6 Å². The molecular formula is C14H18ClFN2O. The zero-order chi connectivity index (χ0) is 13.8. The van der Waals surface area contributed by atoms with Crippen molar-refractivity contribution in [3.05, 3.63) is 34.6 Å². The van der Waals surface area contributed by atoms with Crippen LogP contribution in [0.15, 0.2) is 18.2 Å². The summed E-state index contributed by atoms with van der Waals surface area (Å²) < 4.78 is 13.0. The van der Waals surface area contributed by atoms with E-state index in [9.17, 15) is 9.18 Å². The van der Waals surface area contributed by atoms with Gasteiger partial charge in [0.05, 0.1) is 0 Å². The van der Waals surface area contributed by atoms with Crippen LogP contribution in [0.25, 0.3) is 0 Å². The van der Waals surface area contributed by atoms with Crippen LogP contribution in [0, 0.1) is 11.7 Å². The molecule has 104 valence electrons. The molecule has 1 aromatic rings. The number of halogens is 2. The first-order valence-corrected chi connectivity index (χ1v) is 6.83. The minimum atomic E-state index is -0.312. The average Bonchev–Trinajstić information content (AvgIpc) is 2.80. The number of likely N-dealkylation sites (tertiary alicyclic amines) is 1. The molecule has 1 aliphatic heterocycles. The number of amides is 1. The van der Waals surface area contributed by atoms with Gasteiger partial charge in [0.1, 0.15) is 5.82 Å². The topological polar surface area (TPSA) is 32.3 Å². The zero-order valence-electron chi connectivity index (χ0n) is 11.0. The number of carbonyl (C=O) groups excluding carboxylic acids is 1. The van der Waals surface area contributed by atoms with E-state index in [0.29, 0.717) is 23.9 Å². The summed E-state index contributed by atoms with van der Waals surface area (Å²) in [5.74, 6) is 0.179. The lowest BCUT2D eigenvalue weighted by atomic mass is 10.0. The lowest BCUT2D eigenvalue weighted by molar-refractivity contribution is -0.121. The zero-order valence-corrected chi connectivity index (χ0v) is 11.7. The number of benzene rings is 1. The normalized spacial score (nSPS) is 19.6. The summed E-state index contributed by atoms with van der Waals surface area (Å²) in [6.45, 7) is 2.56. The Bertz CT molecular complexity index is 467. The van der Waals surface area contributed by atoms with Gasteiger partial charge in [0.2, 0.25) is 5.91 Å². The fourth-order valence-corrected chi connectivity index (χ4v) is 2.71. The van der Waals surface area contributed by atoms with Gasteiger partial charge in [0.15, 0.2) is 0 Å². The molecule has 1 N–H and O–H groups in total. The van der Waals surface area contributed by atoms with E-state index >= 15 is 0 Å². The average molecular weight is 285 g/mol. The number of carbonyl (C=O) groups is 1. The Kier molecular flexibility index (Phi) is 4.77. The van der Waals surface area contributed by atoms with Gasteiger partial charge in [-0.1, -0.05) is 17.7 Å². The molecule has 0 aliphatic carbocycles. The smallest absolute Gasteiger partial charge is 0.220 e. The Morgan fingerprint density at radius 2 is 2.37 bits per heavy atom. The highest BCUT2D eigenvalue weighted by Crippen LogP contribution is 2.24. The third kappa shape index (κ3) is 3.91. The van der Waals surface area contributed by atoms with Gasteiger partial charge in [-0.15, -0.1) is 0 Å². The number of hydrogen-bond acceptors (Lipinski definition) is 2. The highest BCUT2D eigenvalue weighted by atomic mass is 35.5. The second kappa shape index (κ2) is 6.35. The predicted molar refractivity (Wildman–Crippen MR) is 73.5 cm³/mol. The fourth-order valence-electron chi connectivity index (χ4n) is 2.48. The first-order chi connectivity index (χ1) is 9.08. The van der Waals surface area contributed by atoms with Crippen LogP contribution in [0.2, 0.25) is 5.02 Å². The van der Waals surface area contributed by atoms with E-state index in [0.717, 1.165) is 25.1 Å². The molecule has 0 spiro atoms. The van der Waals surface area contributed by atoms with Crippen LogP contribution in [-0.2, 0) is 11.3 Å². The number of rotatable bonds is 4. The highest BCUT2D eigenvalue weighted by molar-refractivity contribution is 6.31. The fraction of sp³-hybridized carbons (Fsp3) is 0.500. The van der Waals surface area contributed by atoms with Crippen LogP contribution in [0.1, 0.15) is 18.4 Å². The monoisotopic (exact) mass is 284 g/mol. The summed E-state index contributed by atoms with van der Waals surface area (Å²) in [4.78, 5) is 13.6. The van der Waals surface area contributed by atoms with Crippen molar-refractivity contribution in [3.63, 3.8) is 0 Å². The summed E-state index contributed by atoms with van der Waals surface area (Å²) in [7, 11) is 1.66. The maximum atomic E-state index is 13.0. The van der Waals surface area contributed by atoms with E-state index in [1.165, 1.54) is 12.1 Å². The number of hydrogen-bond donors (Lipinski definition) is 1. The molecule has 5 heteroatoms. The van der Waals surface area contributed by atoms with Crippen molar-refractivity contribution in [2.75, 3.05) is 20.1 Å². The second-order valence-corrected chi connectivity index (χ2v) is 5.41. The minimum Gasteiger partial charge on any atom is -0.359 e. The minimum absolute atomic E-state index is 0.0895. The summed E-state index contributed by atoms with van der Waals surface area (Å²) in [6.07, 6.45) is 1.59. The van der Waals surface area contributed by atoms with Gasteiger partial charge in [-0.2, -0.15) is 0 Å². The van der Waals surface area contributed by atoms with E-state index < -0.39 is 0 Å². The third-order valence-electron chi connectivity index (χ3n) is 3.53. The molecule has 2 rings (SSSR count). The molecule has 1 aromatic carbocycles. The van der Waals surface area contributed by atoms with Gasteiger partial charge >= 0.3 is 0 Å². The Morgan fingerprint density at radius 3 is 3.05 bits per heavy atom. The van der Waals surface area contributed by atoms with Crippen molar-refractivity contribution in [2.45, 2.75) is 19.4 Å². The predicted octanol–water partition coefficient (Wildman–Crippen LogP) is 2.44. The van der Waals surface area contributed by atoms with Crippen molar-refractivity contribution >= 4 is 17.5 Å². The van der Waals surface area contributed by atoms with E-state index in [-0.39, 0.29) is 11.7 Å². The van der Waals surface area contributed by atoms with Crippen molar-refractivity contribution < 1.29 is 9.18 Å². The Morgan fingerprint density at radius 1 is 1.58 bits per heavy atom. The van der Waals surface area contributed by atoms with Crippen molar-refractivity contribution in [3.8, 4) is 0 Å². The van der Waals surface area contributed by atoms with Crippen LogP contribution in [0.3, 0.4) is 0 Å². The second-order valence-electron chi connectivity index (χ2n) is 5.00. The van der Waals surface area contributed by atoms with Crippen molar-refractivity contribution in [2.24, 2.45) is 5.92 Å². The standard InChI is InChI=1S/C14H18ClFN2O/c1-17-14(19)6-10-4-5-18(8-10)9-11-2-3-12(16)7-13(11)15/h2-3,7,10H,4-6,8-9H2,1H3,(H,17,19)/t10-/m0/s1. The van der Waals surface area contributed by atoms with Crippen molar-refractivity contribution in [1.29, 1.82) is 0 Å². The van der Waals surface area contributed by atoms with E-state index in [1.807, 2.05) is 0 Å². The molecule has 1 aliphatic rings. The van der Waals surface area contributed by atoms with Crippen LogP contribution in [0.4, 0.5) is 4.39 Å². The van der Waals surface area contributed by atoms with Crippen molar-refractivity contribution in [1.82, 2.24) is 10.2 Å². The lowest BCUT2D eigenvalue weighted by Crippen LogP contribution is -2.24. The molecule has 0 unspecified atom stereocenters. The molecule has 1 saturated heterocycles. The molecular weight excluding hydrogens is 267 g/mol. The van der Waals surface area contributed by atoms with Gasteiger partial charge < -0.3 is 5.32 Å². The highest BCUT2D eigenvalue weighted by Gasteiger charge is 2.24. The summed E-state index contributed by atoms with van der Waals surface area (Å²) >= 11 is 6.02. The Labute approximate surface area is 117 Å². The lowest BCUT2D eigenvalue weighted by Gasteiger charge is -2.16.